The van der Waals surface area contributed by atoms with E-state index in [0.29, 0.717) is 5.75 Å². The van der Waals surface area contributed by atoms with Gasteiger partial charge in [0.2, 0.25) is 0 Å². The lowest BCUT2D eigenvalue weighted by Gasteiger charge is -2.32. The van der Waals surface area contributed by atoms with Gasteiger partial charge < -0.3 is 9.84 Å². The van der Waals surface area contributed by atoms with Crippen LogP contribution in [0.4, 0.5) is 0 Å². The monoisotopic (exact) mass is 303 g/mol. The smallest absolute Gasteiger partial charge is 0.335 e. The summed E-state index contributed by atoms with van der Waals surface area (Å²) in [5, 5.41) is 11.0. The second kappa shape index (κ2) is 5.87. The minimum Gasteiger partial charge on any atom is -0.478 e. The number of nitrogens with zero attached hydrogens (tertiary/aromatic N) is 1. The summed E-state index contributed by atoms with van der Waals surface area (Å²) in [5.41, 5.74) is 1.67. The SMILES string of the molecule is CC(Oc1ccc(C(=O)O)cc1)N1CCc2sccc2C1. The van der Waals surface area contributed by atoms with Crippen molar-refractivity contribution < 1.29 is 14.6 Å². The average molecular weight is 303 g/mol. The first kappa shape index (κ1) is 14.1. The molecule has 0 spiro atoms. The summed E-state index contributed by atoms with van der Waals surface area (Å²) in [7, 11) is 0. The summed E-state index contributed by atoms with van der Waals surface area (Å²) >= 11 is 1.82. The molecule has 0 amide bonds. The number of aromatic carboxylic acids is 1. The number of fused-ring (bicyclic) bond motifs is 1. The van der Waals surface area contributed by atoms with Gasteiger partial charge >= 0.3 is 5.97 Å². The number of carbonyl (C=O) groups is 1. The van der Waals surface area contributed by atoms with Crippen molar-refractivity contribution in [2.45, 2.75) is 26.1 Å². The maximum absolute atomic E-state index is 10.8. The first-order valence-corrected chi connectivity index (χ1v) is 7.81. The number of ether oxygens (including phenoxy) is 1. The van der Waals surface area contributed by atoms with E-state index in [-0.39, 0.29) is 11.8 Å². The van der Waals surface area contributed by atoms with Gasteiger partial charge in [0.25, 0.3) is 0 Å². The Morgan fingerprint density at radius 1 is 1.33 bits per heavy atom. The third-order valence-corrected chi connectivity index (χ3v) is 4.78. The quantitative estimate of drug-likeness (QED) is 0.942. The summed E-state index contributed by atoms with van der Waals surface area (Å²) < 4.78 is 5.92. The van der Waals surface area contributed by atoms with E-state index in [0.717, 1.165) is 19.5 Å². The summed E-state index contributed by atoms with van der Waals surface area (Å²) in [4.78, 5) is 14.6. The minimum absolute atomic E-state index is 0.0336. The van der Waals surface area contributed by atoms with Crippen LogP contribution in [-0.2, 0) is 13.0 Å². The number of hydrogen-bond donors (Lipinski definition) is 1. The summed E-state index contributed by atoms with van der Waals surface area (Å²) in [6.07, 6.45) is 1.03. The molecule has 1 aliphatic rings. The number of hydrogen-bond acceptors (Lipinski definition) is 4. The van der Waals surface area contributed by atoms with Crippen molar-refractivity contribution in [2.24, 2.45) is 0 Å². The van der Waals surface area contributed by atoms with Crippen LogP contribution in [0, 0.1) is 0 Å². The van der Waals surface area contributed by atoms with Gasteiger partial charge in [0, 0.05) is 18.0 Å². The van der Waals surface area contributed by atoms with Crippen LogP contribution in [0.15, 0.2) is 35.7 Å². The Morgan fingerprint density at radius 3 is 2.81 bits per heavy atom. The van der Waals surface area contributed by atoms with Gasteiger partial charge in [-0.25, -0.2) is 4.79 Å². The molecule has 4 nitrogen and oxygen atoms in total. The molecule has 1 aromatic carbocycles. The van der Waals surface area contributed by atoms with Crippen molar-refractivity contribution in [2.75, 3.05) is 6.54 Å². The van der Waals surface area contributed by atoms with Crippen LogP contribution in [0.2, 0.25) is 0 Å². The highest BCUT2D eigenvalue weighted by atomic mass is 32.1. The van der Waals surface area contributed by atoms with E-state index in [2.05, 4.69) is 16.3 Å². The molecular formula is C16H17NO3S. The highest BCUT2D eigenvalue weighted by Crippen LogP contribution is 2.26. The molecule has 1 aliphatic heterocycles. The fraction of sp³-hybridized carbons (Fsp3) is 0.312. The molecule has 110 valence electrons. The average Bonchev–Trinajstić information content (AvgIpc) is 2.95. The molecule has 0 aliphatic carbocycles. The lowest BCUT2D eigenvalue weighted by molar-refractivity contribution is 0.0300. The normalized spacial score (nSPS) is 16.2. The van der Waals surface area contributed by atoms with Gasteiger partial charge in [0.05, 0.1) is 5.56 Å². The Bertz CT molecular complexity index is 635. The number of benzene rings is 1. The third-order valence-electron chi connectivity index (χ3n) is 3.76. The minimum atomic E-state index is -0.921. The highest BCUT2D eigenvalue weighted by Gasteiger charge is 2.22. The molecule has 1 aromatic heterocycles. The molecule has 0 saturated heterocycles. The van der Waals surface area contributed by atoms with Gasteiger partial charge in [-0.15, -0.1) is 11.3 Å². The van der Waals surface area contributed by atoms with Crippen LogP contribution < -0.4 is 4.74 Å². The van der Waals surface area contributed by atoms with E-state index >= 15 is 0 Å². The van der Waals surface area contributed by atoms with E-state index in [9.17, 15) is 4.79 Å². The first-order valence-electron chi connectivity index (χ1n) is 6.93. The molecular weight excluding hydrogens is 286 g/mol. The first-order chi connectivity index (χ1) is 10.1. The van der Waals surface area contributed by atoms with Crippen LogP contribution in [0.5, 0.6) is 5.75 Å². The predicted octanol–water partition coefficient (Wildman–Crippen LogP) is 3.23. The second-order valence-corrected chi connectivity index (χ2v) is 6.14. The zero-order valence-corrected chi connectivity index (χ0v) is 12.6. The molecule has 1 unspecified atom stereocenters. The summed E-state index contributed by atoms with van der Waals surface area (Å²) in [6.45, 7) is 3.93. The number of thiophene rings is 1. The number of carboxylic acid groups (broad SMARTS) is 1. The van der Waals surface area contributed by atoms with E-state index in [1.165, 1.54) is 10.4 Å². The third kappa shape index (κ3) is 3.09. The molecule has 2 heterocycles. The van der Waals surface area contributed by atoms with Crippen LogP contribution in [0.3, 0.4) is 0 Å². The van der Waals surface area contributed by atoms with Crippen molar-refractivity contribution in [3.05, 3.63) is 51.7 Å². The Morgan fingerprint density at radius 2 is 2.10 bits per heavy atom. The van der Waals surface area contributed by atoms with Crippen molar-refractivity contribution >= 4 is 17.3 Å². The topological polar surface area (TPSA) is 49.8 Å². The van der Waals surface area contributed by atoms with E-state index < -0.39 is 5.97 Å². The lowest BCUT2D eigenvalue weighted by atomic mass is 10.1. The standard InChI is InChI=1S/C16H17NO3S/c1-11(17-8-6-15-13(10-17)7-9-21-15)20-14-4-2-12(3-5-14)16(18)19/h2-5,7,9,11H,6,8,10H2,1H3,(H,18,19). The fourth-order valence-electron chi connectivity index (χ4n) is 2.53. The Hall–Kier alpha value is -1.85. The highest BCUT2D eigenvalue weighted by molar-refractivity contribution is 7.10. The Kier molecular flexibility index (Phi) is 3.94. The van der Waals surface area contributed by atoms with Crippen molar-refractivity contribution in [1.29, 1.82) is 0 Å². The van der Waals surface area contributed by atoms with Crippen LogP contribution >= 0.6 is 11.3 Å². The molecule has 5 heteroatoms. The van der Waals surface area contributed by atoms with Crippen molar-refractivity contribution in [1.82, 2.24) is 4.90 Å². The maximum Gasteiger partial charge on any atom is 0.335 e. The molecule has 3 rings (SSSR count). The Labute approximate surface area is 127 Å². The maximum atomic E-state index is 10.8. The molecule has 0 fully saturated rings. The zero-order valence-electron chi connectivity index (χ0n) is 11.8. The van der Waals surface area contributed by atoms with Crippen molar-refractivity contribution in [3.8, 4) is 5.75 Å². The van der Waals surface area contributed by atoms with E-state index in [4.69, 9.17) is 9.84 Å². The van der Waals surface area contributed by atoms with Crippen LogP contribution in [0.1, 0.15) is 27.7 Å². The summed E-state index contributed by atoms with van der Waals surface area (Å²) in [5.74, 6) is -0.223. The second-order valence-electron chi connectivity index (χ2n) is 5.14. The summed E-state index contributed by atoms with van der Waals surface area (Å²) in [6, 6.07) is 8.73. The zero-order chi connectivity index (χ0) is 14.8. The molecule has 0 bridgehead atoms. The van der Waals surface area contributed by atoms with Gasteiger partial charge in [0.15, 0.2) is 0 Å². The number of rotatable bonds is 4. The molecule has 0 radical (unpaired) electrons. The van der Waals surface area contributed by atoms with Crippen LogP contribution in [0.25, 0.3) is 0 Å². The molecule has 21 heavy (non-hydrogen) atoms. The number of carboxylic acids is 1. The van der Waals surface area contributed by atoms with Gasteiger partial charge in [-0.3, -0.25) is 4.90 Å². The van der Waals surface area contributed by atoms with Crippen LogP contribution in [-0.4, -0.2) is 28.7 Å². The fourth-order valence-corrected chi connectivity index (χ4v) is 3.42. The van der Waals surface area contributed by atoms with Crippen molar-refractivity contribution in [3.63, 3.8) is 0 Å². The molecule has 1 N–H and O–H groups in total. The molecule has 1 atom stereocenters. The van der Waals surface area contributed by atoms with E-state index in [1.54, 1.807) is 24.3 Å². The predicted molar refractivity (Wildman–Crippen MR) is 81.9 cm³/mol. The molecule has 0 saturated carbocycles. The lowest BCUT2D eigenvalue weighted by Crippen LogP contribution is -2.40. The molecule has 2 aromatic rings. The largest absolute Gasteiger partial charge is 0.478 e. The Balaban J connectivity index is 1.64. The van der Waals surface area contributed by atoms with E-state index in [1.807, 2.05) is 18.3 Å². The van der Waals surface area contributed by atoms with Gasteiger partial charge in [-0.2, -0.15) is 0 Å². The van der Waals surface area contributed by atoms with Gasteiger partial charge in [0.1, 0.15) is 12.0 Å². The van der Waals surface area contributed by atoms with Gasteiger partial charge in [-0.1, -0.05) is 0 Å². The van der Waals surface area contributed by atoms with Gasteiger partial charge in [-0.05, 0) is 54.6 Å².